The summed E-state index contributed by atoms with van der Waals surface area (Å²) < 4.78 is 0. The number of rotatable bonds is 3. The lowest BCUT2D eigenvalue weighted by atomic mass is 10.3. The fourth-order valence-electron chi connectivity index (χ4n) is 1.94. The molecule has 0 saturated carbocycles. The number of nitrogens with zero attached hydrogens (tertiary/aromatic N) is 1. The van der Waals surface area contributed by atoms with Gasteiger partial charge < -0.3 is 10.2 Å². The van der Waals surface area contributed by atoms with Crippen molar-refractivity contribution in [3.05, 3.63) is 29.3 Å². The molecule has 86 valence electrons. The molecule has 1 unspecified atom stereocenters. The zero-order valence-corrected chi connectivity index (χ0v) is 10.00. The molecular formula is C12H15ClN2O. The molecule has 0 radical (unpaired) electrons. The van der Waals surface area contributed by atoms with Crippen LogP contribution in [-0.2, 0) is 4.79 Å². The molecule has 4 heteroatoms. The van der Waals surface area contributed by atoms with Crippen LogP contribution in [0.25, 0.3) is 0 Å². The molecule has 1 aromatic rings. The third-order valence-electron chi connectivity index (χ3n) is 2.80. The van der Waals surface area contributed by atoms with Gasteiger partial charge in [-0.1, -0.05) is 11.6 Å². The highest BCUT2D eigenvalue weighted by molar-refractivity contribution is 6.30. The smallest absolute Gasteiger partial charge is 0.224 e. The minimum atomic E-state index is 0.0381. The molecule has 2 rings (SSSR count). The molecule has 1 heterocycles. The van der Waals surface area contributed by atoms with Crippen molar-refractivity contribution in [2.24, 2.45) is 0 Å². The average molecular weight is 239 g/mol. The van der Waals surface area contributed by atoms with Crippen molar-refractivity contribution in [1.29, 1.82) is 0 Å². The predicted molar refractivity (Wildman–Crippen MR) is 65.5 cm³/mol. The summed E-state index contributed by atoms with van der Waals surface area (Å²) in [5.41, 5.74) is 0.983. The first-order valence-corrected chi connectivity index (χ1v) is 5.86. The Morgan fingerprint density at radius 3 is 2.62 bits per heavy atom. The zero-order chi connectivity index (χ0) is 11.5. The highest BCUT2D eigenvalue weighted by atomic mass is 35.5. The fourth-order valence-corrected chi connectivity index (χ4v) is 2.07. The number of halogens is 1. The molecule has 1 aliphatic heterocycles. The molecule has 1 aromatic carbocycles. The van der Waals surface area contributed by atoms with Gasteiger partial charge >= 0.3 is 0 Å². The first-order valence-electron chi connectivity index (χ1n) is 5.48. The summed E-state index contributed by atoms with van der Waals surface area (Å²) in [4.78, 5) is 13.4. The Hall–Kier alpha value is -1.22. The molecule has 1 aliphatic rings. The fraction of sp³-hybridized carbons (Fsp3) is 0.417. The van der Waals surface area contributed by atoms with E-state index in [1.807, 2.05) is 36.1 Å². The Morgan fingerprint density at radius 2 is 2.06 bits per heavy atom. The van der Waals surface area contributed by atoms with E-state index >= 15 is 0 Å². The van der Waals surface area contributed by atoms with E-state index in [9.17, 15) is 4.79 Å². The first-order chi connectivity index (χ1) is 7.66. The zero-order valence-electron chi connectivity index (χ0n) is 9.24. The van der Waals surface area contributed by atoms with E-state index in [-0.39, 0.29) is 12.1 Å². The second-order valence-corrected chi connectivity index (χ2v) is 4.45. The molecule has 0 bridgehead atoms. The lowest BCUT2D eigenvalue weighted by Gasteiger charge is -2.26. The van der Waals surface area contributed by atoms with Gasteiger partial charge in [-0.3, -0.25) is 4.79 Å². The molecule has 0 spiro atoms. The van der Waals surface area contributed by atoms with Crippen LogP contribution in [0.15, 0.2) is 24.3 Å². The number of hydrogen-bond donors (Lipinski definition) is 1. The van der Waals surface area contributed by atoms with Crippen molar-refractivity contribution in [3.8, 4) is 0 Å². The van der Waals surface area contributed by atoms with Gasteiger partial charge in [0.1, 0.15) is 0 Å². The minimum Gasteiger partial charge on any atom is -0.365 e. The van der Waals surface area contributed by atoms with Crippen LogP contribution in [0.2, 0.25) is 5.02 Å². The van der Waals surface area contributed by atoms with Gasteiger partial charge in [-0.15, -0.1) is 0 Å². The lowest BCUT2D eigenvalue weighted by Crippen LogP contribution is -2.39. The van der Waals surface area contributed by atoms with Crippen LogP contribution in [0.3, 0.4) is 0 Å². The van der Waals surface area contributed by atoms with E-state index in [0.717, 1.165) is 23.7 Å². The quantitative estimate of drug-likeness (QED) is 0.878. The molecule has 1 fully saturated rings. The number of carbonyl (C=O) groups is 1. The van der Waals surface area contributed by atoms with Crippen molar-refractivity contribution in [2.45, 2.75) is 25.9 Å². The van der Waals surface area contributed by atoms with E-state index in [2.05, 4.69) is 5.32 Å². The van der Waals surface area contributed by atoms with Crippen LogP contribution in [-0.4, -0.2) is 23.5 Å². The Morgan fingerprint density at radius 1 is 1.38 bits per heavy atom. The molecule has 0 aromatic heterocycles. The summed E-state index contributed by atoms with van der Waals surface area (Å²) in [6.45, 7) is 2.85. The summed E-state index contributed by atoms with van der Waals surface area (Å²) in [5, 5.41) is 4.01. The van der Waals surface area contributed by atoms with E-state index in [1.165, 1.54) is 0 Å². The van der Waals surface area contributed by atoms with Crippen LogP contribution in [0.4, 0.5) is 5.69 Å². The highest BCUT2D eigenvalue weighted by Gasteiger charge is 2.24. The van der Waals surface area contributed by atoms with Crippen LogP contribution < -0.4 is 5.32 Å². The molecular weight excluding hydrogens is 224 g/mol. The van der Waals surface area contributed by atoms with E-state index in [1.54, 1.807) is 0 Å². The van der Waals surface area contributed by atoms with Crippen LogP contribution >= 0.6 is 11.6 Å². The molecule has 1 N–H and O–H groups in total. The van der Waals surface area contributed by atoms with Gasteiger partial charge in [0.2, 0.25) is 5.91 Å². The Labute approximate surface area is 100 Å². The second kappa shape index (κ2) is 4.74. The summed E-state index contributed by atoms with van der Waals surface area (Å²) in [6.07, 6.45) is 1.68. The third-order valence-corrected chi connectivity index (χ3v) is 3.05. The van der Waals surface area contributed by atoms with Crippen molar-refractivity contribution < 1.29 is 4.79 Å². The van der Waals surface area contributed by atoms with Crippen molar-refractivity contribution in [2.75, 3.05) is 11.9 Å². The molecule has 0 aliphatic carbocycles. The normalized spacial score (nSPS) is 17.6. The first kappa shape index (κ1) is 11.3. The number of likely N-dealkylation sites (tertiary alicyclic amines) is 1. The molecule has 1 saturated heterocycles. The number of carbonyl (C=O) groups excluding carboxylic acids is 1. The van der Waals surface area contributed by atoms with Gasteiger partial charge in [0.25, 0.3) is 0 Å². The molecule has 3 nitrogen and oxygen atoms in total. The van der Waals surface area contributed by atoms with Gasteiger partial charge in [0, 0.05) is 23.7 Å². The van der Waals surface area contributed by atoms with Gasteiger partial charge in [0.05, 0.1) is 6.17 Å². The van der Waals surface area contributed by atoms with Gasteiger partial charge in [-0.2, -0.15) is 0 Å². The number of anilines is 1. The van der Waals surface area contributed by atoms with Gasteiger partial charge in [-0.25, -0.2) is 0 Å². The van der Waals surface area contributed by atoms with E-state index in [0.29, 0.717) is 6.42 Å². The standard InChI is InChI=1S/C12H15ClN2O/c1-9(15-8-2-3-12(15)16)14-11-6-4-10(13)5-7-11/h4-7,9,14H,2-3,8H2,1H3. The summed E-state index contributed by atoms with van der Waals surface area (Å²) in [6, 6.07) is 7.50. The van der Waals surface area contributed by atoms with Gasteiger partial charge in [-0.05, 0) is 37.6 Å². The van der Waals surface area contributed by atoms with E-state index in [4.69, 9.17) is 11.6 Å². The monoisotopic (exact) mass is 238 g/mol. The maximum atomic E-state index is 11.5. The third kappa shape index (κ3) is 2.47. The molecule has 1 amide bonds. The predicted octanol–water partition coefficient (Wildman–Crippen LogP) is 2.72. The topological polar surface area (TPSA) is 32.3 Å². The van der Waals surface area contributed by atoms with Crippen LogP contribution in [0.5, 0.6) is 0 Å². The van der Waals surface area contributed by atoms with Crippen LogP contribution in [0, 0.1) is 0 Å². The molecule has 1 atom stereocenters. The number of hydrogen-bond acceptors (Lipinski definition) is 2. The lowest BCUT2D eigenvalue weighted by molar-refractivity contribution is -0.128. The average Bonchev–Trinajstić information content (AvgIpc) is 2.68. The van der Waals surface area contributed by atoms with Gasteiger partial charge in [0.15, 0.2) is 0 Å². The highest BCUT2D eigenvalue weighted by Crippen LogP contribution is 2.18. The number of amides is 1. The van der Waals surface area contributed by atoms with Crippen molar-refractivity contribution in [3.63, 3.8) is 0 Å². The Kier molecular flexibility index (Phi) is 3.34. The minimum absolute atomic E-state index is 0.0381. The van der Waals surface area contributed by atoms with Crippen molar-refractivity contribution >= 4 is 23.2 Å². The maximum absolute atomic E-state index is 11.5. The van der Waals surface area contributed by atoms with E-state index < -0.39 is 0 Å². The van der Waals surface area contributed by atoms with Crippen molar-refractivity contribution in [1.82, 2.24) is 4.90 Å². The summed E-state index contributed by atoms with van der Waals surface area (Å²) in [7, 11) is 0. The Balaban J connectivity index is 1.98. The Bertz CT molecular complexity index is 377. The summed E-state index contributed by atoms with van der Waals surface area (Å²) in [5.74, 6) is 0.231. The number of nitrogens with one attached hydrogen (secondary N) is 1. The largest absolute Gasteiger partial charge is 0.365 e. The summed E-state index contributed by atoms with van der Waals surface area (Å²) >= 11 is 5.81. The maximum Gasteiger partial charge on any atom is 0.224 e. The van der Waals surface area contributed by atoms with Crippen LogP contribution in [0.1, 0.15) is 19.8 Å². The number of benzene rings is 1. The SMILES string of the molecule is CC(Nc1ccc(Cl)cc1)N1CCCC1=O. The molecule has 16 heavy (non-hydrogen) atoms. The second-order valence-electron chi connectivity index (χ2n) is 4.02.